The highest BCUT2D eigenvalue weighted by atomic mass is 79.9. The van der Waals surface area contributed by atoms with Crippen molar-refractivity contribution >= 4 is 48.7 Å². The van der Waals surface area contributed by atoms with Crippen molar-refractivity contribution in [2.75, 3.05) is 7.11 Å². The summed E-state index contributed by atoms with van der Waals surface area (Å²) in [6.45, 7) is 1.76. The molecular weight excluding hydrogens is 369 g/mol. The minimum atomic E-state index is -0.523. The highest BCUT2D eigenvalue weighted by Gasteiger charge is 2.18. The van der Waals surface area contributed by atoms with Crippen molar-refractivity contribution in [2.24, 2.45) is 0 Å². The van der Waals surface area contributed by atoms with E-state index in [9.17, 15) is 9.18 Å². The number of pyridine rings is 1. The summed E-state index contributed by atoms with van der Waals surface area (Å²) < 4.78 is 19.1. The zero-order valence-corrected chi connectivity index (χ0v) is 12.7. The third-order valence-electron chi connectivity index (χ3n) is 2.57. The van der Waals surface area contributed by atoms with E-state index in [0.29, 0.717) is 20.9 Å². The van der Waals surface area contributed by atoms with Gasteiger partial charge in [-0.3, -0.25) is 4.98 Å². The number of hydrogen-bond acceptors (Lipinski definition) is 3. The molecule has 0 aliphatic rings. The molecule has 0 spiro atoms. The number of aromatic nitrogens is 1. The summed E-state index contributed by atoms with van der Waals surface area (Å²) in [4.78, 5) is 15.7. The molecule has 0 atom stereocenters. The molecule has 0 N–H and O–H groups in total. The first-order valence-corrected chi connectivity index (χ1v) is 6.57. The normalized spacial score (nSPS) is 10.7. The van der Waals surface area contributed by atoms with Crippen molar-refractivity contribution < 1.29 is 13.9 Å². The van der Waals surface area contributed by atoms with Gasteiger partial charge in [-0.25, -0.2) is 9.18 Å². The number of benzene rings is 1. The van der Waals surface area contributed by atoms with Gasteiger partial charge in [0.05, 0.1) is 22.7 Å². The molecule has 3 nitrogen and oxygen atoms in total. The number of rotatable bonds is 1. The maximum atomic E-state index is 13.7. The molecular formula is C12H8Br2FNO2. The van der Waals surface area contributed by atoms with E-state index in [2.05, 4.69) is 41.6 Å². The molecule has 18 heavy (non-hydrogen) atoms. The number of esters is 1. The molecule has 0 aliphatic carbocycles. The van der Waals surface area contributed by atoms with Crippen LogP contribution in [0.1, 0.15) is 15.9 Å². The summed E-state index contributed by atoms with van der Waals surface area (Å²) in [5.41, 5.74) is 1.58. The first-order chi connectivity index (χ1) is 8.47. The van der Waals surface area contributed by atoms with Gasteiger partial charge in [-0.05, 0) is 50.4 Å². The Morgan fingerprint density at radius 3 is 2.67 bits per heavy atom. The van der Waals surface area contributed by atoms with Crippen LogP contribution in [-0.4, -0.2) is 18.1 Å². The number of ether oxygens (including phenoxy) is 1. The van der Waals surface area contributed by atoms with Gasteiger partial charge in [0, 0.05) is 16.1 Å². The zero-order valence-electron chi connectivity index (χ0n) is 9.55. The van der Waals surface area contributed by atoms with Gasteiger partial charge in [-0.1, -0.05) is 0 Å². The predicted molar refractivity (Wildman–Crippen MR) is 73.2 cm³/mol. The summed E-state index contributed by atoms with van der Waals surface area (Å²) in [5, 5.41) is 0.524. The van der Waals surface area contributed by atoms with Gasteiger partial charge in [0.15, 0.2) is 0 Å². The van der Waals surface area contributed by atoms with Crippen LogP contribution in [0.2, 0.25) is 0 Å². The van der Waals surface area contributed by atoms with E-state index in [-0.39, 0.29) is 10.0 Å². The predicted octanol–water partition coefficient (Wildman–Crippen LogP) is 3.99. The Morgan fingerprint density at radius 2 is 2.06 bits per heavy atom. The smallest absolute Gasteiger partial charge is 0.340 e. The fourth-order valence-corrected chi connectivity index (χ4v) is 3.10. The summed E-state index contributed by atoms with van der Waals surface area (Å²) in [5.74, 6) is -0.922. The van der Waals surface area contributed by atoms with Crippen LogP contribution < -0.4 is 0 Å². The molecule has 6 heteroatoms. The van der Waals surface area contributed by atoms with Crippen LogP contribution in [0.4, 0.5) is 4.39 Å². The van der Waals surface area contributed by atoms with Crippen LogP contribution in [0, 0.1) is 12.7 Å². The summed E-state index contributed by atoms with van der Waals surface area (Å²) >= 11 is 6.48. The Balaban J connectivity index is 2.89. The third kappa shape index (κ3) is 2.03. The van der Waals surface area contributed by atoms with Gasteiger partial charge in [0.25, 0.3) is 0 Å². The number of hydrogen-bond donors (Lipinski definition) is 0. The monoisotopic (exact) mass is 375 g/mol. The highest BCUT2D eigenvalue weighted by Crippen LogP contribution is 2.35. The van der Waals surface area contributed by atoms with E-state index in [1.165, 1.54) is 19.4 Å². The average Bonchev–Trinajstić information content (AvgIpc) is 2.35. The minimum Gasteiger partial charge on any atom is -0.465 e. The molecule has 0 bridgehead atoms. The Morgan fingerprint density at radius 1 is 1.39 bits per heavy atom. The number of carbonyl (C=O) groups excluding carboxylic acids is 1. The van der Waals surface area contributed by atoms with Gasteiger partial charge >= 0.3 is 5.97 Å². The Labute approximate surface area is 120 Å². The SMILES string of the molecule is COC(=O)c1cnc2c(C)cc(F)c(Br)c2c1Br. The lowest BCUT2D eigenvalue weighted by molar-refractivity contribution is 0.0599. The number of nitrogens with zero attached hydrogens (tertiary/aromatic N) is 1. The van der Waals surface area contributed by atoms with E-state index < -0.39 is 11.8 Å². The average molecular weight is 377 g/mol. The van der Waals surface area contributed by atoms with Crippen LogP contribution in [0.5, 0.6) is 0 Å². The molecule has 1 aromatic carbocycles. The van der Waals surface area contributed by atoms with E-state index in [4.69, 9.17) is 0 Å². The largest absolute Gasteiger partial charge is 0.465 e. The molecule has 0 saturated heterocycles. The third-order valence-corrected chi connectivity index (χ3v) is 4.17. The van der Waals surface area contributed by atoms with E-state index in [0.717, 1.165) is 0 Å². The molecule has 1 aromatic heterocycles. The molecule has 0 saturated carbocycles. The van der Waals surface area contributed by atoms with Gasteiger partial charge < -0.3 is 4.74 Å². The number of aryl methyl sites for hydroxylation is 1. The van der Waals surface area contributed by atoms with Crippen LogP contribution in [0.15, 0.2) is 21.2 Å². The molecule has 0 amide bonds. The first kappa shape index (κ1) is 13.4. The standard InChI is InChI=1S/C12H8Br2FNO2/c1-5-3-7(15)10(14)8-9(13)6(12(17)18-2)4-16-11(5)8/h3-4H,1-2H3. The van der Waals surface area contributed by atoms with E-state index in [1.54, 1.807) is 6.92 Å². The first-order valence-electron chi connectivity index (χ1n) is 4.98. The van der Waals surface area contributed by atoms with Crippen LogP contribution in [0.25, 0.3) is 10.9 Å². The van der Waals surface area contributed by atoms with Gasteiger partial charge in [-0.2, -0.15) is 0 Å². The molecule has 2 rings (SSSR count). The van der Waals surface area contributed by atoms with Crippen molar-refractivity contribution in [1.82, 2.24) is 4.98 Å². The van der Waals surface area contributed by atoms with Crippen LogP contribution in [0.3, 0.4) is 0 Å². The van der Waals surface area contributed by atoms with E-state index >= 15 is 0 Å². The topological polar surface area (TPSA) is 39.2 Å². The van der Waals surface area contributed by atoms with Gasteiger partial charge in [0.2, 0.25) is 0 Å². The zero-order chi connectivity index (χ0) is 13.4. The lowest BCUT2D eigenvalue weighted by Gasteiger charge is -2.10. The van der Waals surface area contributed by atoms with Crippen molar-refractivity contribution in [3.8, 4) is 0 Å². The Kier molecular flexibility index (Phi) is 3.68. The van der Waals surface area contributed by atoms with Crippen LogP contribution >= 0.6 is 31.9 Å². The van der Waals surface area contributed by atoms with Crippen molar-refractivity contribution in [2.45, 2.75) is 6.92 Å². The summed E-state index contributed by atoms with van der Waals surface area (Å²) in [7, 11) is 1.28. The molecule has 1 heterocycles. The Bertz CT molecular complexity index is 658. The van der Waals surface area contributed by atoms with Crippen molar-refractivity contribution in [3.05, 3.63) is 38.2 Å². The Hall–Kier alpha value is -1.01. The number of carbonyl (C=O) groups is 1. The second-order valence-corrected chi connectivity index (χ2v) is 5.28. The molecule has 0 fully saturated rings. The van der Waals surface area contributed by atoms with Crippen molar-refractivity contribution in [3.63, 3.8) is 0 Å². The molecule has 2 aromatic rings. The second-order valence-electron chi connectivity index (χ2n) is 3.69. The minimum absolute atomic E-state index is 0.260. The van der Waals surface area contributed by atoms with Crippen molar-refractivity contribution in [1.29, 1.82) is 0 Å². The maximum absolute atomic E-state index is 13.7. The number of methoxy groups -OCH3 is 1. The summed E-state index contributed by atoms with van der Waals surface area (Å²) in [6, 6.07) is 1.39. The van der Waals surface area contributed by atoms with Crippen LogP contribution in [-0.2, 0) is 4.74 Å². The lowest BCUT2D eigenvalue weighted by Crippen LogP contribution is -2.04. The summed E-state index contributed by atoms with van der Waals surface area (Å²) in [6.07, 6.45) is 1.41. The molecule has 94 valence electrons. The fraction of sp³-hybridized carbons (Fsp3) is 0.167. The van der Waals surface area contributed by atoms with E-state index in [1.807, 2.05) is 0 Å². The van der Waals surface area contributed by atoms with Gasteiger partial charge in [-0.15, -0.1) is 0 Å². The maximum Gasteiger partial charge on any atom is 0.340 e. The lowest BCUT2D eigenvalue weighted by atomic mass is 10.1. The fourth-order valence-electron chi connectivity index (χ4n) is 1.68. The highest BCUT2D eigenvalue weighted by molar-refractivity contribution is 9.11. The number of halogens is 3. The quantitative estimate of drug-likeness (QED) is 0.706. The van der Waals surface area contributed by atoms with Gasteiger partial charge in [0.1, 0.15) is 5.82 Å². The number of fused-ring (bicyclic) bond motifs is 1. The molecule has 0 radical (unpaired) electrons. The molecule has 0 aliphatic heterocycles. The second kappa shape index (κ2) is 4.93. The molecule has 0 unspecified atom stereocenters.